The fourth-order valence-corrected chi connectivity index (χ4v) is 3.07. The van der Waals surface area contributed by atoms with Crippen molar-refractivity contribution in [2.24, 2.45) is 4.99 Å². The summed E-state index contributed by atoms with van der Waals surface area (Å²) in [7, 11) is 1.72. The predicted molar refractivity (Wildman–Crippen MR) is 133 cm³/mol. The molecule has 0 bridgehead atoms. The third-order valence-electron chi connectivity index (χ3n) is 4.69. The maximum Gasteiger partial charge on any atom is 0.242 e. The highest BCUT2D eigenvalue weighted by Crippen LogP contribution is 2.20. The molecule has 1 aliphatic heterocycles. The normalized spacial score (nSPS) is 15.1. The summed E-state index contributed by atoms with van der Waals surface area (Å²) in [6.07, 6.45) is 2.09. The van der Waals surface area contributed by atoms with Crippen LogP contribution in [0.5, 0.6) is 0 Å². The van der Waals surface area contributed by atoms with E-state index in [0.29, 0.717) is 19.0 Å². The van der Waals surface area contributed by atoms with Crippen molar-refractivity contribution in [3.8, 4) is 0 Å². The maximum atomic E-state index is 12.5. The van der Waals surface area contributed by atoms with Gasteiger partial charge in [-0.05, 0) is 44.4 Å². The van der Waals surface area contributed by atoms with Crippen molar-refractivity contribution in [3.63, 3.8) is 0 Å². The Bertz CT molecular complexity index is 648. The van der Waals surface area contributed by atoms with Crippen LogP contribution in [0.15, 0.2) is 29.3 Å². The number of carbonyl (C=O) groups is 1. The maximum absolute atomic E-state index is 12.5. The van der Waals surface area contributed by atoms with Gasteiger partial charge in [-0.2, -0.15) is 11.8 Å². The molecule has 1 amide bonds. The van der Waals surface area contributed by atoms with Crippen LogP contribution in [0.1, 0.15) is 13.8 Å². The zero-order valence-corrected chi connectivity index (χ0v) is 20.9. The lowest BCUT2D eigenvalue weighted by molar-refractivity contribution is -0.130. The largest absolute Gasteiger partial charge is 0.368 e. The Morgan fingerprint density at radius 1 is 1.18 bits per heavy atom. The Kier molecular flexibility index (Phi) is 10.8. The lowest BCUT2D eigenvalue weighted by Gasteiger charge is -2.36. The number of amides is 1. The third-order valence-corrected chi connectivity index (χ3v) is 6.19. The van der Waals surface area contributed by atoms with Crippen molar-refractivity contribution in [3.05, 3.63) is 29.3 Å². The monoisotopic (exact) mass is 539 g/mol. The highest BCUT2D eigenvalue weighted by molar-refractivity contribution is 14.0. The zero-order chi connectivity index (χ0) is 19.9. The molecule has 0 spiro atoms. The van der Waals surface area contributed by atoms with Crippen LogP contribution in [-0.4, -0.2) is 74.1 Å². The van der Waals surface area contributed by atoms with E-state index < -0.39 is 0 Å². The van der Waals surface area contributed by atoms with Crippen molar-refractivity contribution in [2.45, 2.75) is 18.6 Å². The number of aliphatic imine (C=N–C) groups is 1. The summed E-state index contributed by atoms with van der Waals surface area (Å²) in [5, 5.41) is 7.14. The summed E-state index contributed by atoms with van der Waals surface area (Å²) in [5.41, 5.74) is 1.14. The quantitative estimate of drug-likeness (QED) is 0.331. The van der Waals surface area contributed by atoms with Gasteiger partial charge in [0.2, 0.25) is 5.91 Å². The summed E-state index contributed by atoms with van der Waals surface area (Å²) in [6.45, 7) is 8.45. The van der Waals surface area contributed by atoms with E-state index in [2.05, 4.69) is 40.6 Å². The summed E-state index contributed by atoms with van der Waals surface area (Å²) < 4.78 is 0.111. The van der Waals surface area contributed by atoms with Gasteiger partial charge < -0.3 is 20.4 Å². The van der Waals surface area contributed by atoms with Crippen molar-refractivity contribution >= 4 is 64.9 Å². The van der Waals surface area contributed by atoms with Gasteiger partial charge in [0.05, 0.1) is 6.54 Å². The van der Waals surface area contributed by atoms with E-state index in [4.69, 9.17) is 11.6 Å². The van der Waals surface area contributed by atoms with Crippen molar-refractivity contribution in [1.29, 1.82) is 0 Å². The predicted octanol–water partition coefficient (Wildman–Crippen LogP) is 2.91. The molecule has 0 aliphatic carbocycles. The molecule has 2 rings (SSSR count). The Hall–Kier alpha value is -0.870. The number of hydrogen-bond acceptors (Lipinski definition) is 4. The first-order valence-electron chi connectivity index (χ1n) is 9.12. The summed E-state index contributed by atoms with van der Waals surface area (Å²) >= 11 is 7.74. The number of halogens is 2. The van der Waals surface area contributed by atoms with Crippen LogP contribution < -0.4 is 15.5 Å². The minimum Gasteiger partial charge on any atom is -0.368 e. The second kappa shape index (κ2) is 12.0. The van der Waals surface area contributed by atoms with E-state index in [1.165, 1.54) is 0 Å². The van der Waals surface area contributed by atoms with E-state index in [9.17, 15) is 4.79 Å². The van der Waals surface area contributed by atoms with Gasteiger partial charge in [-0.15, -0.1) is 24.0 Å². The van der Waals surface area contributed by atoms with E-state index in [1.54, 1.807) is 18.8 Å². The molecule has 1 aromatic carbocycles. The molecule has 1 aromatic rings. The lowest BCUT2D eigenvalue weighted by atomic mass is 10.2. The van der Waals surface area contributed by atoms with Crippen LogP contribution in [-0.2, 0) is 4.79 Å². The number of piperazine rings is 1. The molecule has 0 unspecified atom stereocenters. The summed E-state index contributed by atoms with van der Waals surface area (Å²) in [4.78, 5) is 20.9. The van der Waals surface area contributed by atoms with Crippen LogP contribution in [0.3, 0.4) is 0 Å². The molecule has 0 atom stereocenters. The van der Waals surface area contributed by atoms with E-state index >= 15 is 0 Å². The van der Waals surface area contributed by atoms with Crippen molar-refractivity contribution in [2.75, 3.05) is 57.5 Å². The number of nitrogens with one attached hydrogen (secondary N) is 2. The second-order valence-corrected chi connectivity index (χ2v) is 9.04. The lowest BCUT2D eigenvalue weighted by Crippen LogP contribution is -2.52. The molecule has 1 heterocycles. The first-order valence-corrected chi connectivity index (χ1v) is 10.7. The minimum absolute atomic E-state index is 0. The van der Waals surface area contributed by atoms with Crippen LogP contribution in [0.2, 0.25) is 5.02 Å². The topological polar surface area (TPSA) is 60.0 Å². The Morgan fingerprint density at radius 2 is 1.79 bits per heavy atom. The highest BCUT2D eigenvalue weighted by atomic mass is 127. The fourth-order valence-electron chi connectivity index (χ4n) is 2.73. The number of guanidine groups is 1. The molecule has 158 valence electrons. The number of hydrogen-bond donors (Lipinski definition) is 2. The van der Waals surface area contributed by atoms with Gasteiger partial charge in [0.15, 0.2) is 5.96 Å². The summed E-state index contributed by atoms with van der Waals surface area (Å²) in [6, 6.07) is 7.84. The molecule has 28 heavy (non-hydrogen) atoms. The molecule has 1 fully saturated rings. The molecule has 1 saturated heterocycles. The number of nitrogens with zero attached hydrogens (tertiary/aromatic N) is 3. The van der Waals surface area contributed by atoms with Gasteiger partial charge in [-0.1, -0.05) is 11.6 Å². The van der Waals surface area contributed by atoms with Crippen LogP contribution in [0.25, 0.3) is 0 Å². The van der Waals surface area contributed by atoms with Gasteiger partial charge in [0.1, 0.15) is 0 Å². The molecule has 1 aliphatic rings. The first-order chi connectivity index (χ1) is 12.8. The molecular weight excluding hydrogens is 509 g/mol. The zero-order valence-electron chi connectivity index (χ0n) is 17.0. The molecule has 2 N–H and O–H groups in total. The van der Waals surface area contributed by atoms with Gasteiger partial charge in [-0.25, -0.2) is 0 Å². The number of thioether (sulfide) groups is 1. The van der Waals surface area contributed by atoms with E-state index in [1.807, 2.05) is 29.2 Å². The Morgan fingerprint density at radius 3 is 2.32 bits per heavy atom. The average Bonchev–Trinajstić information content (AvgIpc) is 2.68. The highest BCUT2D eigenvalue weighted by Gasteiger charge is 2.22. The standard InChI is InChI=1S/C19H30ClN5OS.HI/c1-19(2,27-4)14-23-18(21-3)22-13-17(26)25-11-9-24(10-12-25)16-7-5-15(20)6-8-16;/h5-8H,9-14H2,1-4H3,(H2,21,22,23);1H. The SMILES string of the molecule is CN=C(NCC(=O)N1CCN(c2ccc(Cl)cc2)CC1)NCC(C)(C)SC.I. The molecule has 0 aromatic heterocycles. The first kappa shape index (κ1) is 25.2. The molecule has 6 nitrogen and oxygen atoms in total. The van der Waals surface area contributed by atoms with Crippen molar-refractivity contribution < 1.29 is 4.79 Å². The number of rotatable bonds is 6. The summed E-state index contributed by atoms with van der Waals surface area (Å²) in [5.74, 6) is 0.753. The number of anilines is 1. The van der Waals surface area contributed by atoms with Gasteiger partial charge >= 0.3 is 0 Å². The third kappa shape index (κ3) is 7.87. The van der Waals surface area contributed by atoms with Crippen LogP contribution in [0.4, 0.5) is 5.69 Å². The van der Waals surface area contributed by atoms with Gasteiger partial charge in [0.25, 0.3) is 0 Å². The van der Waals surface area contributed by atoms with Crippen LogP contribution >= 0.6 is 47.3 Å². The second-order valence-electron chi connectivity index (χ2n) is 7.09. The van der Waals surface area contributed by atoms with E-state index in [0.717, 1.165) is 30.3 Å². The molecular formula is C19H31ClIN5OS. The molecule has 0 radical (unpaired) electrons. The Labute approximate surface area is 194 Å². The van der Waals surface area contributed by atoms with Crippen molar-refractivity contribution in [1.82, 2.24) is 15.5 Å². The van der Waals surface area contributed by atoms with E-state index in [-0.39, 0.29) is 41.2 Å². The smallest absolute Gasteiger partial charge is 0.242 e. The fraction of sp³-hybridized carbons (Fsp3) is 0.579. The van der Waals surface area contributed by atoms with Gasteiger partial charge in [-0.3, -0.25) is 9.79 Å². The Balaban J connectivity index is 0.00000392. The molecule has 0 saturated carbocycles. The minimum atomic E-state index is 0. The number of carbonyl (C=O) groups excluding carboxylic acids is 1. The molecule has 9 heteroatoms. The average molecular weight is 540 g/mol. The van der Waals surface area contributed by atoms with Crippen LogP contribution in [0, 0.1) is 0 Å². The van der Waals surface area contributed by atoms with Gasteiger partial charge in [0, 0.05) is 55.2 Å². The number of benzene rings is 1.